The number of carbonyl (C=O) groups is 1. The summed E-state index contributed by atoms with van der Waals surface area (Å²) in [4.78, 5) is 24.7. The fourth-order valence-electron chi connectivity index (χ4n) is 3.00. The van der Waals surface area contributed by atoms with Crippen LogP contribution < -0.4 is 4.90 Å². The summed E-state index contributed by atoms with van der Waals surface area (Å²) in [5.41, 5.74) is 1.07. The van der Waals surface area contributed by atoms with Crippen molar-refractivity contribution in [3.05, 3.63) is 84.4 Å². The van der Waals surface area contributed by atoms with E-state index in [1.165, 1.54) is 22.3 Å². The van der Waals surface area contributed by atoms with E-state index in [9.17, 15) is 9.18 Å². The summed E-state index contributed by atoms with van der Waals surface area (Å²) in [6.07, 6.45) is 2.84. The van der Waals surface area contributed by atoms with Crippen molar-refractivity contribution in [2.75, 3.05) is 10.7 Å². The van der Waals surface area contributed by atoms with Crippen LogP contribution in [-0.4, -0.2) is 21.6 Å². The fraction of sp³-hybridized carbons (Fsp3) is 0.174. The smallest absolute Gasteiger partial charge is 0.229 e. The van der Waals surface area contributed by atoms with E-state index in [0.29, 0.717) is 23.6 Å². The van der Waals surface area contributed by atoms with Gasteiger partial charge in [-0.05, 0) is 48.6 Å². The molecule has 0 atom stereocenters. The number of para-hydroxylation sites is 1. The van der Waals surface area contributed by atoms with Crippen LogP contribution in [-0.2, 0) is 11.3 Å². The molecular weight excluding hydrogens is 417 g/mol. The molecule has 4 nitrogen and oxygen atoms in total. The van der Waals surface area contributed by atoms with Crippen LogP contribution in [0.4, 0.5) is 9.52 Å². The number of halogens is 1. The van der Waals surface area contributed by atoms with E-state index < -0.39 is 0 Å². The van der Waals surface area contributed by atoms with Gasteiger partial charge in [0.25, 0.3) is 0 Å². The first-order chi connectivity index (χ1) is 14.7. The number of aromatic nitrogens is 2. The zero-order valence-corrected chi connectivity index (χ0v) is 17.8. The van der Waals surface area contributed by atoms with Crippen LogP contribution in [0.15, 0.2) is 77.8 Å². The Labute approximate surface area is 182 Å². The van der Waals surface area contributed by atoms with Gasteiger partial charge in [0.1, 0.15) is 11.3 Å². The average Bonchev–Trinajstić information content (AvgIpc) is 3.22. The molecule has 0 aliphatic rings. The number of pyridine rings is 1. The summed E-state index contributed by atoms with van der Waals surface area (Å²) < 4.78 is 14.9. The van der Waals surface area contributed by atoms with Crippen LogP contribution >= 0.6 is 23.1 Å². The van der Waals surface area contributed by atoms with E-state index in [2.05, 4.69) is 22.1 Å². The summed E-state index contributed by atoms with van der Waals surface area (Å²) in [7, 11) is 0. The molecule has 0 radical (unpaired) electrons. The van der Waals surface area contributed by atoms with E-state index in [1.54, 1.807) is 28.9 Å². The van der Waals surface area contributed by atoms with Crippen molar-refractivity contribution >= 4 is 44.4 Å². The SMILES string of the molecule is O=C(CCCSc1ccccc1)N(Cc1ccccn1)c1nc2c(F)cccc2s1. The zero-order valence-electron chi connectivity index (χ0n) is 16.2. The molecule has 2 aromatic heterocycles. The van der Waals surface area contributed by atoms with E-state index in [4.69, 9.17) is 0 Å². The largest absolute Gasteiger partial charge is 0.282 e. The van der Waals surface area contributed by atoms with Gasteiger partial charge < -0.3 is 0 Å². The van der Waals surface area contributed by atoms with Crippen LogP contribution in [0.2, 0.25) is 0 Å². The van der Waals surface area contributed by atoms with Gasteiger partial charge in [0.05, 0.1) is 16.9 Å². The summed E-state index contributed by atoms with van der Waals surface area (Å²) >= 11 is 3.06. The van der Waals surface area contributed by atoms with Gasteiger partial charge in [0.2, 0.25) is 5.91 Å². The molecule has 152 valence electrons. The molecule has 4 rings (SSSR count). The number of thiazole rings is 1. The van der Waals surface area contributed by atoms with Gasteiger partial charge in [-0.3, -0.25) is 14.7 Å². The Balaban J connectivity index is 1.49. The van der Waals surface area contributed by atoms with Crippen LogP contribution in [0, 0.1) is 5.82 Å². The second-order valence-corrected chi connectivity index (χ2v) is 8.83. The Hall–Kier alpha value is -2.77. The van der Waals surface area contributed by atoms with Crippen molar-refractivity contribution in [2.24, 2.45) is 0 Å². The lowest BCUT2D eigenvalue weighted by molar-refractivity contribution is -0.118. The number of anilines is 1. The number of benzene rings is 2. The van der Waals surface area contributed by atoms with Gasteiger partial charge in [0.15, 0.2) is 5.13 Å². The molecule has 0 saturated heterocycles. The predicted molar refractivity (Wildman–Crippen MR) is 121 cm³/mol. The first kappa shape index (κ1) is 20.5. The van der Waals surface area contributed by atoms with Crippen molar-refractivity contribution in [2.45, 2.75) is 24.3 Å². The first-order valence-corrected chi connectivity index (χ1v) is 11.4. The molecule has 30 heavy (non-hydrogen) atoms. The van der Waals surface area contributed by atoms with Crippen molar-refractivity contribution in [3.63, 3.8) is 0 Å². The van der Waals surface area contributed by atoms with E-state index in [0.717, 1.165) is 22.6 Å². The van der Waals surface area contributed by atoms with E-state index >= 15 is 0 Å². The molecule has 0 spiro atoms. The highest BCUT2D eigenvalue weighted by molar-refractivity contribution is 7.99. The van der Waals surface area contributed by atoms with Gasteiger partial charge in [-0.25, -0.2) is 9.37 Å². The normalized spacial score (nSPS) is 11.0. The first-order valence-electron chi connectivity index (χ1n) is 9.64. The summed E-state index contributed by atoms with van der Waals surface area (Å²) in [5.74, 6) is 0.440. The predicted octanol–water partition coefficient (Wildman–Crippen LogP) is 5.94. The number of thioether (sulfide) groups is 1. The number of rotatable bonds is 8. The lowest BCUT2D eigenvalue weighted by Crippen LogP contribution is -2.30. The number of carbonyl (C=O) groups excluding carboxylic acids is 1. The molecule has 0 unspecified atom stereocenters. The molecule has 0 bridgehead atoms. The fourth-order valence-corrected chi connectivity index (χ4v) is 4.87. The number of amides is 1. The average molecular weight is 438 g/mol. The summed E-state index contributed by atoms with van der Waals surface area (Å²) in [6, 6.07) is 20.6. The van der Waals surface area contributed by atoms with Crippen LogP contribution in [0.1, 0.15) is 18.5 Å². The van der Waals surface area contributed by atoms with Gasteiger partial charge in [-0.2, -0.15) is 0 Å². The third kappa shape index (κ3) is 5.04. The standard InChI is InChI=1S/C23H20FN3OS2/c24-19-11-6-12-20-22(19)26-23(30-20)27(16-17-8-4-5-14-25-17)21(28)13-7-15-29-18-9-2-1-3-10-18/h1-6,8-12,14H,7,13,15-16H2. The quantitative estimate of drug-likeness (QED) is 0.253. The molecule has 0 saturated carbocycles. The van der Waals surface area contributed by atoms with Crippen molar-refractivity contribution in [3.8, 4) is 0 Å². The van der Waals surface area contributed by atoms with Crippen LogP contribution in [0.5, 0.6) is 0 Å². The number of hydrogen-bond donors (Lipinski definition) is 0. The Morgan fingerprint density at radius 3 is 2.63 bits per heavy atom. The Morgan fingerprint density at radius 2 is 1.87 bits per heavy atom. The highest BCUT2D eigenvalue weighted by Crippen LogP contribution is 2.31. The molecule has 2 aromatic carbocycles. The second-order valence-electron chi connectivity index (χ2n) is 6.65. The topological polar surface area (TPSA) is 46.1 Å². The third-order valence-electron chi connectivity index (χ3n) is 4.48. The molecule has 0 aliphatic heterocycles. The van der Waals surface area contributed by atoms with Crippen molar-refractivity contribution in [1.82, 2.24) is 9.97 Å². The van der Waals surface area contributed by atoms with E-state index in [1.807, 2.05) is 42.5 Å². The maximum absolute atomic E-state index is 14.1. The molecule has 2 heterocycles. The third-order valence-corrected chi connectivity index (χ3v) is 6.63. The van der Waals surface area contributed by atoms with E-state index in [-0.39, 0.29) is 11.7 Å². The Kier molecular flexibility index (Phi) is 6.71. The molecule has 0 aliphatic carbocycles. The lowest BCUT2D eigenvalue weighted by Gasteiger charge is -2.19. The highest BCUT2D eigenvalue weighted by atomic mass is 32.2. The molecular formula is C23H20FN3OS2. The maximum Gasteiger partial charge on any atom is 0.229 e. The zero-order chi connectivity index (χ0) is 20.8. The second kappa shape index (κ2) is 9.82. The summed E-state index contributed by atoms with van der Waals surface area (Å²) in [5, 5.41) is 0.501. The molecule has 0 N–H and O–H groups in total. The van der Waals surface area contributed by atoms with Crippen LogP contribution in [0.3, 0.4) is 0 Å². The maximum atomic E-state index is 14.1. The summed E-state index contributed by atoms with van der Waals surface area (Å²) in [6.45, 7) is 0.312. The molecule has 7 heteroatoms. The minimum Gasteiger partial charge on any atom is -0.282 e. The number of hydrogen-bond acceptors (Lipinski definition) is 5. The van der Waals surface area contributed by atoms with Gasteiger partial charge in [-0.1, -0.05) is 41.7 Å². The van der Waals surface area contributed by atoms with Crippen LogP contribution in [0.25, 0.3) is 10.2 Å². The highest BCUT2D eigenvalue weighted by Gasteiger charge is 2.21. The minimum absolute atomic E-state index is 0.0335. The van der Waals surface area contributed by atoms with Gasteiger partial charge in [0, 0.05) is 17.5 Å². The van der Waals surface area contributed by atoms with Gasteiger partial charge >= 0.3 is 0 Å². The van der Waals surface area contributed by atoms with Gasteiger partial charge in [-0.15, -0.1) is 11.8 Å². The number of nitrogens with zero attached hydrogens (tertiary/aromatic N) is 3. The molecule has 1 amide bonds. The minimum atomic E-state index is -0.375. The Morgan fingerprint density at radius 1 is 1.03 bits per heavy atom. The van der Waals surface area contributed by atoms with Crippen molar-refractivity contribution < 1.29 is 9.18 Å². The molecule has 0 fully saturated rings. The monoisotopic (exact) mass is 437 g/mol. The lowest BCUT2D eigenvalue weighted by atomic mass is 10.2. The number of fused-ring (bicyclic) bond motifs is 1. The molecule has 4 aromatic rings. The van der Waals surface area contributed by atoms with Crippen molar-refractivity contribution in [1.29, 1.82) is 0 Å². The Bertz CT molecular complexity index is 1120.